The van der Waals surface area contributed by atoms with Crippen LogP contribution in [-0.2, 0) is 4.79 Å². The van der Waals surface area contributed by atoms with E-state index < -0.39 is 5.91 Å². The number of imidazole rings is 1. The van der Waals surface area contributed by atoms with Gasteiger partial charge in [0.05, 0.1) is 18.0 Å². The summed E-state index contributed by atoms with van der Waals surface area (Å²) in [4.78, 5) is 17.2. The Labute approximate surface area is 201 Å². The maximum atomic E-state index is 13.2. The lowest BCUT2D eigenvalue weighted by molar-refractivity contribution is -0.480. The summed E-state index contributed by atoms with van der Waals surface area (Å²) in [7, 11) is 0. The van der Waals surface area contributed by atoms with Gasteiger partial charge in [0.1, 0.15) is 17.1 Å². The van der Waals surface area contributed by atoms with Gasteiger partial charge in [-0.05, 0) is 47.5 Å². The summed E-state index contributed by atoms with van der Waals surface area (Å²) in [5.41, 5.74) is 3.37. The zero-order valence-corrected chi connectivity index (χ0v) is 18.6. The minimum atomic E-state index is -0.411. The number of ether oxygens (including phenoxy) is 1. The molecule has 0 saturated heterocycles. The van der Waals surface area contributed by atoms with Crippen LogP contribution in [0.5, 0.6) is 5.75 Å². The summed E-state index contributed by atoms with van der Waals surface area (Å²) in [6.07, 6.45) is 5.73. The molecule has 0 bridgehead atoms. The quantitative estimate of drug-likeness (QED) is 0.181. The standard InChI is InChI=1S/C26H18ClN5O2/c27-21-7-9-22(10-8-21)31-26(33)25(24(16-29)32-14-13-30-17-32)34-23-11-5-20(6-12-23)19-3-1-18(15-28)2-4-19/h1-14,16-17,29H,(H,31,33)/p+1. The molecule has 0 aliphatic rings. The Bertz CT molecular complexity index is 1370. The summed E-state index contributed by atoms with van der Waals surface area (Å²) in [5.74, 6) is 0.00415. The number of amides is 1. The van der Waals surface area contributed by atoms with Gasteiger partial charge in [-0.1, -0.05) is 35.9 Å². The van der Waals surface area contributed by atoms with Crippen LogP contribution in [0.1, 0.15) is 5.56 Å². The predicted octanol–water partition coefficient (Wildman–Crippen LogP) is 4.39. The number of hydrogen-bond donors (Lipinski definition) is 2. The smallest absolute Gasteiger partial charge is 0.385 e. The maximum Gasteiger partial charge on any atom is 0.385 e. The van der Waals surface area contributed by atoms with Gasteiger partial charge in [0.25, 0.3) is 5.76 Å². The van der Waals surface area contributed by atoms with Gasteiger partial charge in [0.2, 0.25) is 0 Å². The summed E-state index contributed by atoms with van der Waals surface area (Å²) in [6.45, 7) is 0. The Hall–Kier alpha value is -4.51. The van der Waals surface area contributed by atoms with Crippen LogP contribution in [0.3, 0.4) is 0 Å². The fourth-order valence-corrected chi connectivity index (χ4v) is 3.36. The maximum absolute atomic E-state index is 13.2. The number of hydrogen-bond acceptors (Lipinski definition) is 5. The monoisotopic (exact) mass is 468 g/mol. The number of primary amides is 1. The molecule has 4 rings (SSSR count). The van der Waals surface area contributed by atoms with Crippen LogP contribution in [0.25, 0.3) is 16.8 Å². The molecule has 0 aliphatic carbocycles. The van der Waals surface area contributed by atoms with Gasteiger partial charge >= 0.3 is 5.91 Å². The van der Waals surface area contributed by atoms with E-state index in [0.29, 0.717) is 22.0 Å². The molecule has 0 atom stereocenters. The number of nitrogens with two attached hydrogens (primary N) is 1. The first-order valence-electron chi connectivity index (χ1n) is 10.2. The van der Waals surface area contributed by atoms with E-state index in [1.165, 1.54) is 11.6 Å². The van der Waals surface area contributed by atoms with Crippen LogP contribution < -0.4 is 10.1 Å². The molecule has 0 saturated carbocycles. The molecular weight excluding hydrogens is 450 g/mol. The van der Waals surface area contributed by atoms with Crippen LogP contribution in [-0.4, -0.2) is 21.7 Å². The molecule has 4 aromatic rings. The van der Waals surface area contributed by atoms with Gasteiger partial charge < -0.3 is 14.7 Å². The molecule has 3 aromatic carbocycles. The lowest BCUT2D eigenvalue weighted by Gasteiger charge is -2.12. The van der Waals surface area contributed by atoms with Crippen LogP contribution >= 0.6 is 11.6 Å². The summed E-state index contributed by atoms with van der Waals surface area (Å²) < 4.78 is 7.55. The van der Waals surface area contributed by atoms with Crippen molar-refractivity contribution < 1.29 is 14.8 Å². The van der Waals surface area contributed by atoms with E-state index in [2.05, 4.69) is 11.1 Å². The van der Waals surface area contributed by atoms with Crippen molar-refractivity contribution in [2.45, 2.75) is 0 Å². The van der Waals surface area contributed by atoms with Crippen molar-refractivity contribution in [3.8, 4) is 22.9 Å². The molecule has 34 heavy (non-hydrogen) atoms. The van der Waals surface area contributed by atoms with Crippen LogP contribution in [0, 0.1) is 16.7 Å². The number of allylic oxidation sites excluding steroid dienone is 1. The van der Waals surface area contributed by atoms with Crippen molar-refractivity contribution in [2.24, 2.45) is 0 Å². The normalized spacial score (nSPS) is 11.3. The van der Waals surface area contributed by atoms with Gasteiger partial charge in [-0.25, -0.2) is 15.1 Å². The van der Waals surface area contributed by atoms with E-state index in [9.17, 15) is 4.79 Å². The zero-order valence-electron chi connectivity index (χ0n) is 17.9. The number of aromatic nitrogens is 2. The molecule has 0 radical (unpaired) electrons. The number of benzene rings is 3. The second-order valence-electron chi connectivity index (χ2n) is 7.20. The van der Waals surface area contributed by atoms with Gasteiger partial charge in [0.15, 0.2) is 0 Å². The fraction of sp³-hybridized carbons (Fsp3) is 0. The van der Waals surface area contributed by atoms with Crippen molar-refractivity contribution in [3.63, 3.8) is 0 Å². The summed E-state index contributed by atoms with van der Waals surface area (Å²) >= 11 is 5.94. The number of nitrogens with zero attached hydrogens (tertiary/aromatic N) is 3. The second-order valence-corrected chi connectivity index (χ2v) is 7.64. The minimum Gasteiger partial charge on any atom is -0.446 e. The number of quaternary nitrogens is 1. The lowest BCUT2D eigenvalue weighted by Crippen LogP contribution is -2.83. The number of carbonyl (C=O) groups excluding carboxylic acids is 1. The molecule has 0 unspecified atom stereocenters. The number of halogens is 1. The first-order chi connectivity index (χ1) is 16.6. The highest BCUT2D eigenvalue weighted by Crippen LogP contribution is 2.25. The molecule has 1 amide bonds. The van der Waals surface area contributed by atoms with Crippen molar-refractivity contribution >= 4 is 35.1 Å². The Kier molecular flexibility index (Phi) is 6.94. The fourth-order valence-electron chi connectivity index (χ4n) is 3.23. The topological polar surface area (TPSA) is 108 Å². The molecule has 3 N–H and O–H groups in total. The van der Waals surface area contributed by atoms with Crippen LogP contribution in [0.4, 0.5) is 5.69 Å². The van der Waals surface area contributed by atoms with Crippen molar-refractivity contribution in [1.29, 1.82) is 10.7 Å². The Balaban J connectivity index is 1.64. The molecule has 8 heteroatoms. The van der Waals surface area contributed by atoms with Gasteiger partial charge in [-0.3, -0.25) is 0 Å². The molecule has 0 fully saturated rings. The van der Waals surface area contributed by atoms with E-state index in [4.69, 9.17) is 27.0 Å². The molecule has 166 valence electrons. The highest BCUT2D eigenvalue weighted by Gasteiger charge is 2.23. The molecule has 1 heterocycles. The predicted molar refractivity (Wildman–Crippen MR) is 129 cm³/mol. The molecule has 0 aliphatic heterocycles. The third-order valence-corrected chi connectivity index (χ3v) is 5.22. The van der Waals surface area contributed by atoms with Gasteiger partial charge in [-0.15, -0.1) is 0 Å². The lowest BCUT2D eigenvalue weighted by atomic mass is 10.0. The SMILES string of the molecule is N#Cc1ccc(-c2ccc(OC(C(=O)[NH2+]c3ccc(Cl)cc3)=C(C=N)n3ccnc3)cc2)cc1. The summed E-state index contributed by atoms with van der Waals surface area (Å²) in [5, 5.41) is 18.9. The molecule has 0 spiro atoms. The first kappa shape index (κ1) is 22.7. The summed E-state index contributed by atoms with van der Waals surface area (Å²) in [6, 6.07) is 23.4. The minimum absolute atomic E-state index is 0.0194. The van der Waals surface area contributed by atoms with E-state index in [-0.39, 0.29) is 11.5 Å². The third-order valence-electron chi connectivity index (χ3n) is 4.97. The largest absolute Gasteiger partial charge is 0.446 e. The number of rotatable bonds is 7. The first-order valence-corrected chi connectivity index (χ1v) is 10.6. The Morgan fingerprint density at radius 2 is 1.68 bits per heavy atom. The van der Waals surface area contributed by atoms with E-state index in [0.717, 1.165) is 17.3 Å². The van der Waals surface area contributed by atoms with Gasteiger partial charge in [-0.2, -0.15) is 5.26 Å². The zero-order chi connectivity index (χ0) is 23.9. The van der Waals surface area contributed by atoms with Gasteiger partial charge in [0, 0.05) is 35.8 Å². The molecule has 1 aromatic heterocycles. The highest BCUT2D eigenvalue weighted by atomic mass is 35.5. The number of nitrogens with one attached hydrogen (secondary N) is 1. The van der Waals surface area contributed by atoms with Crippen molar-refractivity contribution in [3.05, 3.63) is 108 Å². The number of carbonyl (C=O) groups is 1. The van der Waals surface area contributed by atoms with E-state index in [1.54, 1.807) is 65.5 Å². The van der Waals surface area contributed by atoms with E-state index >= 15 is 0 Å². The molecular formula is C26H19ClN5O2+. The van der Waals surface area contributed by atoms with Crippen LogP contribution in [0.15, 0.2) is 97.3 Å². The van der Waals surface area contributed by atoms with Crippen LogP contribution in [0.2, 0.25) is 5.02 Å². The number of nitriles is 1. The van der Waals surface area contributed by atoms with Crippen molar-refractivity contribution in [2.75, 3.05) is 0 Å². The van der Waals surface area contributed by atoms with Crippen molar-refractivity contribution in [1.82, 2.24) is 9.55 Å². The second kappa shape index (κ2) is 10.4. The van der Waals surface area contributed by atoms with E-state index in [1.807, 2.05) is 24.3 Å². The Morgan fingerprint density at radius 3 is 2.24 bits per heavy atom. The highest BCUT2D eigenvalue weighted by molar-refractivity contribution is 6.30. The average molecular weight is 469 g/mol. The third kappa shape index (κ3) is 5.27. The Morgan fingerprint density at radius 1 is 1.03 bits per heavy atom. The average Bonchev–Trinajstić information content (AvgIpc) is 3.40. The molecule has 7 nitrogen and oxygen atoms in total.